The van der Waals surface area contributed by atoms with Crippen LogP contribution in [0.4, 0.5) is 29.0 Å². The molecule has 1 aliphatic rings. The fraction of sp³-hybridized carbons (Fsp3) is 0.355. The zero-order valence-corrected chi connectivity index (χ0v) is 28.8. The average molecular weight is 691 g/mol. The molecule has 0 spiro atoms. The van der Waals surface area contributed by atoms with E-state index in [1.54, 1.807) is 30.4 Å². The number of rotatable bonds is 9. The summed E-state index contributed by atoms with van der Waals surface area (Å²) in [7, 11) is 7.35. The van der Waals surface area contributed by atoms with Crippen molar-refractivity contribution in [2.45, 2.75) is 18.9 Å². The monoisotopic (exact) mass is 689 g/mol. The largest absolute Gasteiger partial charge is 0.479 e. The number of aryl methyl sites for hydroxylation is 1. The van der Waals surface area contributed by atoms with E-state index < -0.39 is 7.92 Å². The summed E-state index contributed by atoms with van der Waals surface area (Å²) in [6.07, 6.45) is 11.2. The smallest absolute Gasteiger partial charge is 0.239 e. The lowest BCUT2D eigenvalue weighted by Crippen LogP contribution is -2.42. The van der Waals surface area contributed by atoms with Gasteiger partial charge < -0.3 is 25.2 Å². The number of ether oxygens (including phenoxy) is 1. The highest BCUT2D eigenvalue weighted by molar-refractivity contribution is 9.10. The van der Waals surface area contributed by atoms with Gasteiger partial charge in [-0.05, 0) is 74.4 Å². The Kier molecular flexibility index (Phi) is 9.11. The Balaban J connectivity index is 1.34. The molecule has 6 rings (SSSR count). The number of anilines is 5. The Morgan fingerprint density at radius 1 is 1.00 bits per heavy atom. The van der Waals surface area contributed by atoms with Crippen LogP contribution >= 0.6 is 23.9 Å². The number of hydrogen-bond acceptors (Lipinski definition) is 11. The number of halogens is 1. The molecule has 0 atom stereocenters. The maximum Gasteiger partial charge on any atom is 0.239 e. The molecule has 2 N–H and O–H groups in total. The first-order valence-corrected chi connectivity index (χ1v) is 17.7. The van der Waals surface area contributed by atoms with Gasteiger partial charge in [0.05, 0.1) is 28.8 Å². The Hall–Kier alpha value is -3.93. The van der Waals surface area contributed by atoms with E-state index in [1.807, 2.05) is 31.6 Å². The predicted molar refractivity (Wildman–Crippen MR) is 186 cm³/mol. The molecule has 0 bridgehead atoms. The molecule has 14 heteroatoms. The van der Waals surface area contributed by atoms with Crippen molar-refractivity contribution in [2.24, 2.45) is 7.05 Å². The number of piperidine rings is 1. The SMILES string of the molecule is COc1nc(N2CCC(N(C)C)CC2)c(-c2cnn(C)c2)cc1Nc1ncc(Br)c(Nc2ccc3nccnc3c2P(C)C)n1. The zero-order chi connectivity index (χ0) is 31.7. The van der Waals surface area contributed by atoms with E-state index in [1.165, 1.54) is 0 Å². The Bertz CT molecular complexity index is 1820. The van der Waals surface area contributed by atoms with E-state index in [0.29, 0.717) is 29.4 Å². The molecule has 12 nitrogen and oxygen atoms in total. The summed E-state index contributed by atoms with van der Waals surface area (Å²) in [5.41, 5.74) is 5.29. The topological polar surface area (TPSA) is 122 Å². The second-order valence-corrected chi connectivity index (χ2v) is 14.5. The second kappa shape index (κ2) is 13.2. The van der Waals surface area contributed by atoms with E-state index in [4.69, 9.17) is 14.7 Å². The molecule has 5 aromatic rings. The van der Waals surface area contributed by atoms with Crippen LogP contribution in [0.1, 0.15) is 12.8 Å². The molecule has 4 aromatic heterocycles. The lowest BCUT2D eigenvalue weighted by molar-refractivity contribution is 0.249. The lowest BCUT2D eigenvalue weighted by atomic mass is 10.0. The minimum atomic E-state index is -0.492. The number of aromatic nitrogens is 7. The molecule has 1 fully saturated rings. The van der Waals surface area contributed by atoms with E-state index in [9.17, 15) is 0 Å². The van der Waals surface area contributed by atoms with Gasteiger partial charge in [-0.15, -0.1) is 0 Å². The summed E-state index contributed by atoms with van der Waals surface area (Å²) in [6, 6.07) is 6.62. The molecule has 0 aliphatic carbocycles. The van der Waals surface area contributed by atoms with E-state index in [0.717, 1.165) is 69.4 Å². The minimum Gasteiger partial charge on any atom is -0.479 e. The van der Waals surface area contributed by atoms with Crippen molar-refractivity contribution in [1.82, 2.24) is 39.6 Å². The van der Waals surface area contributed by atoms with Crippen LogP contribution in [0.2, 0.25) is 0 Å². The number of nitrogens with zero attached hydrogens (tertiary/aromatic N) is 9. The Morgan fingerprint density at radius 3 is 2.47 bits per heavy atom. The number of pyridine rings is 1. The number of methoxy groups -OCH3 is 1. The minimum absolute atomic E-state index is 0.398. The molecule has 234 valence electrons. The predicted octanol–water partition coefficient (Wildman–Crippen LogP) is 5.37. The molecule has 5 heterocycles. The third-order valence-corrected chi connectivity index (χ3v) is 9.90. The van der Waals surface area contributed by atoms with Gasteiger partial charge in [-0.3, -0.25) is 14.6 Å². The van der Waals surface area contributed by atoms with Crippen molar-refractivity contribution in [1.29, 1.82) is 0 Å². The van der Waals surface area contributed by atoms with Gasteiger partial charge in [-0.1, -0.05) is 7.92 Å². The first-order chi connectivity index (χ1) is 21.7. The third kappa shape index (κ3) is 6.56. The van der Waals surface area contributed by atoms with Gasteiger partial charge in [0, 0.05) is 73.1 Å². The van der Waals surface area contributed by atoms with Crippen molar-refractivity contribution in [2.75, 3.05) is 63.2 Å². The zero-order valence-electron chi connectivity index (χ0n) is 26.3. The normalized spacial score (nSPS) is 14.0. The van der Waals surface area contributed by atoms with Crippen LogP contribution in [0.5, 0.6) is 5.88 Å². The molecule has 45 heavy (non-hydrogen) atoms. The molecule has 0 unspecified atom stereocenters. The summed E-state index contributed by atoms with van der Waals surface area (Å²) in [5, 5.41) is 12.5. The summed E-state index contributed by atoms with van der Waals surface area (Å²) < 4.78 is 8.35. The van der Waals surface area contributed by atoms with Gasteiger partial charge >= 0.3 is 0 Å². The van der Waals surface area contributed by atoms with Crippen molar-refractivity contribution in [3.63, 3.8) is 0 Å². The molecule has 0 radical (unpaired) electrons. The van der Waals surface area contributed by atoms with Crippen molar-refractivity contribution in [3.8, 4) is 17.0 Å². The van der Waals surface area contributed by atoms with Crippen LogP contribution in [0.15, 0.2) is 53.7 Å². The number of benzene rings is 1. The fourth-order valence-electron chi connectivity index (χ4n) is 5.68. The summed E-state index contributed by atoms with van der Waals surface area (Å²) in [6.45, 7) is 6.23. The summed E-state index contributed by atoms with van der Waals surface area (Å²) >= 11 is 3.63. The maximum atomic E-state index is 5.82. The van der Waals surface area contributed by atoms with Gasteiger partial charge in [0.15, 0.2) is 0 Å². The molecule has 1 saturated heterocycles. The lowest BCUT2D eigenvalue weighted by Gasteiger charge is -2.36. The van der Waals surface area contributed by atoms with Crippen molar-refractivity contribution < 1.29 is 4.74 Å². The highest BCUT2D eigenvalue weighted by atomic mass is 79.9. The summed E-state index contributed by atoms with van der Waals surface area (Å²) in [4.78, 5) is 28.2. The third-order valence-electron chi connectivity index (χ3n) is 7.98. The maximum absolute atomic E-state index is 5.82. The number of fused-ring (bicyclic) bond motifs is 1. The van der Waals surface area contributed by atoms with Crippen LogP contribution in [0.3, 0.4) is 0 Å². The highest BCUT2D eigenvalue weighted by Crippen LogP contribution is 2.39. The molecule has 1 aromatic carbocycles. The Labute approximate surface area is 272 Å². The van der Waals surface area contributed by atoms with Gasteiger partial charge in [-0.2, -0.15) is 15.1 Å². The number of nitrogens with one attached hydrogen (secondary N) is 2. The van der Waals surface area contributed by atoms with Crippen LogP contribution in [0.25, 0.3) is 22.2 Å². The van der Waals surface area contributed by atoms with Crippen LogP contribution in [-0.2, 0) is 7.05 Å². The highest BCUT2D eigenvalue weighted by Gasteiger charge is 2.26. The fourth-order valence-corrected chi connectivity index (χ4v) is 7.18. The van der Waals surface area contributed by atoms with Crippen LogP contribution in [0, 0.1) is 0 Å². The number of hydrogen-bond donors (Lipinski definition) is 2. The molecule has 0 amide bonds. The van der Waals surface area contributed by atoms with Crippen LogP contribution < -0.4 is 25.6 Å². The molecular formula is C31H37BrN11OP. The van der Waals surface area contributed by atoms with E-state index in [2.05, 4.69) is 89.9 Å². The molecular weight excluding hydrogens is 653 g/mol. The van der Waals surface area contributed by atoms with Gasteiger partial charge in [-0.25, -0.2) is 4.98 Å². The average Bonchev–Trinajstić information content (AvgIpc) is 3.48. The quantitative estimate of drug-likeness (QED) is 0.194. The Morgan fingerprint density at radius 2 is 1.78 bits per heavy atom. The summed E-state index contributed by atoms with van der Waals surface area (Å²) in [5.74, 6) is 2.36. The van der Waals surface area contributed by atoms with Crippen molar-refractivity contribution >= 4 is 69.1 Å². The van der Waals surface area contributed by atoms with Crippen LogP contribution in [-0.4, -0.2) is 93.3 Å². The second-order valence-electron chi connectivity index (χ2n) is 11.4. The van der Waals surface area contributed by atoms with E-state index >= 15 is 0 Å². The van der Waals surface area contributed by atoms with Gasteiger partial charge in [0.25, 0.3) is 0 Å². The van der Waals surface area contributed by atoms with E-state index in [-0.39, 0.29) is 0 Å². The molecule has 1 aliphatic heterocycles. The first kappa shape index (κ1) is 31.1. The first-order valence-electron chi connectivity index (χ1n) is 14.7. The van der Waals surface area contributed by atoms with Gasteiger partial charge in [0.2, 0.25) is 11.8 Å². The standard InChI is InChI=1S/C31H37BrN11OP/c1-41(2)20-9-13-43(14-10-20)29-21(19-16-36-42(3)18-19)15-25(30(40-29)44-4)38-31-35-17-22(32)28(39-31)37-24-8-7-23-26(27(24)45(5)6)34-12-11-33-23/h7-8,11-12,15-18,20H,9-10,13-14H2,1-6H3,(H2,35,37,38,39). The van der Waals surface area contributed by atoms with Crippen molar-refractivity contribution in [3.05, 3.63) is 53.7 Å². The van der Waals surface area contributed by atoms with Gasteiger partial charge in [0.1, 0.15) is 17.3 Å². The molecule has 0 saturated carbocycles.